The minimum Gasteiger partial charge on any atom is -0.411 e. The number of nitrogens with zero attached hydrogens (tertiary/aromatic N) is 1. The van der Waals surface area contributed by atoms with Crippen molar-refractivity contribution >= 4 is 17.1 Å². The summed E-state index contributed by atoms with van der Waals surface area (Å²) < 4.78 is 0. The normalized spacial score (nSPS) is 11.9. The Morgan fingerprint density at radius 1 is 1.39 bits per heavy atom. The molecule has 2 N–H and O–H groups in total. The highest BCUT2D eigenvalue weighted by Gasteiger charge is 2.04. The van der Waals surface area contributed by atoms with Crippen molar-refractivity contribution in [3.05, 3.63) is 35.5 Å². The van der Waals surface area contributed by atoms with Crippen LogP contribution in [0.25, 0.3) is 10.9 Å². The van der Waals surface area contributed by atoms with E-state index in [2.05, 4.69) is 42.2 Å². The highest BCUT2D eigenvalue weighted by molar-refractivity contribution is 5.86. The van der Waals surface area contributed by atoms with Crippen molar-refractivity contribution in [2.24, 2.45) is 11.1 Å². The summed E-state index contributed by atoms with van der Waals surface area (Å²) in [5, 5.41) is 12.7. The van der Waals surface area contributed by atoms with Gasteiger partial charge in [0.05, 0.1) is 0 Å². The molecule has 96 valence electrons. The molecule has 0 spiro atoms. The number of aryl methyl sites for hydroxylation is 1. The Bertz CT molecular complexity index is 540. The summed E-state index contributed by atoms with van der Waals surface area (Å²) in [6.07, 6.45) is 6.49. The van der Waals surface area contributed by atoms with E-state index in [0.717, 1.165) is 17.9 Å². The number of aromatic amines is 1. The molecule has 0 aliphatic rings. The van der Waals surface area contributed by atoms with Crippen LogP contribution < -0.4 is 0 Å². The predicted molar refractivity (Wildman–Crippen MR) is 75.4 cm³/mol. The fourth-order valence-corrected chi connectivity index (χ4v) is 2.15. The molecule has 2 rings (SSSR count). The molecule has 2 aromatic rings. The Hall–Kier alpha value is -1.77. The number of fused-ring (bicyclic) bond motifs is 1. The molecule has 18 heavy (non-hydrogen) atoms. The van der Waals surface area contributed by atoms with Gasteiger partial charge in [0.2, 0.25) is 0 Å². The quantitative estimate of drug-likeness (QED) is 0.469. The molecule has 1 heterocycles. The number of oxime groups is 1. The Labute approximate surface area is 108 Å². The molecule has 3 nitrogen and oxygen atoms in total. The fraction of sp³-hybridized carbons (Fsp3) is 0.400. The molecule has 1 aromatic heterocycles. The maximum absolute atomic E-state index is 8.46. The average Bonchev–Trinajstić information content (AvgIpc) is 2.76. The summed E-state index contributed by atoms with van der Waals surface area (Å²) in [5.41, 5.74) is 3.70. The molecule has 0 bridgehead atoms. The first-order valence-electron chi connectivity index (χ1n) is 6.45. The lowest BCUT2D eigenvalue weighted by atomic mass is 10.0. The molecule has 0 atom stereocenters. The Balaban J connectivity index is 2.19. The summed E-state index contributed by atoms with van der Waals surface area (Å²) in [6, 6.07) is 6.57. The van der Waals surface area contributed by atoms with Crippen LogP contribution in [0.5, 0.6) is 0 Å². The third-order valence-corrected chi connectivity index (χ3v) is 3.24. The van der Waals surface area contributed by atoms with Gasteiger partial charge in [0.1, 0.15) is 0 Å². The van der Waals surface area contributed by atoms with E-state index in [4.69, 9.17) is 5.21 Å². The molecule has 0 aliphatic heterocycles. The van der Waals surface area contributed by atoms with E-state index < -0.39 is 0 Å². The van der Waals surface area contributed by atoms with E-state index in [1.54, 1.807) is 0 Å². The van der Waals surface area contributed by atoms with E-state index in [0.29, 0.717) is 6.42 Å². The summed E-state index contributed by atoms with van der Waals surface area (Å²) in [5.74, 6) is 0.737. The monoisotopic (exact) mass is 244 g/mol. The largest absolute Gasteiger partial charge is 0.411 e. The van der Waals surface area contributed by atoms with Crippen LogP contribution in [0.3, 0.4) is 0 Å². The first-order valence-corrected chi connectivity index (χ1v) is 6.45. The smallest absolute Gasteiger partial charge is 0.0480 e. The fourth-order valence-electron chi connectivity index (χ4n) is 2.15. The molecule has 0 amide bonds. The lowest BCUT2D eigenvalue weighted by molar-refractivity contribution is 0.321. The highest BCUT2D eigenvalue weighted by Crippen LogP contribution is 2.21. The predicted octanol–water partition coefficient (Wildman–Crippen LogP) is 3.76. The second-order valence-electron chi connectivity index (χ2n) is 5.13. The van der Waals surface area contributed by atoms with E-state index in [1.165, 1.54) is 29.1 Å². The standard InChI is InChI=1S/C15H20N2O/c1-11(2)3-4-12-5-6-14-13(7-8-17-18)10-16-15(14)9-12/h5-6,8-11,16,18H,3-4,7H2,1-2H3/b17-8-. The number of nitrogens with one attached hydrogen (secondary N) is 1. The molecule has 1 aromatic carbocycles. The zero-order chi connectivity index (χ0) is 13.0. The maximum atomic E-state index is 8.46. The van der Waals surface area contributed by atoms with Crippen LogP contribution in [-0.4, -0.2) is 16.4 Å². The van der Waals surface area contributed by atoms with Gasteiger partial charge in [0, 0.05) is 29.7 Å². The molecule has 0 saturated carbocycles. The van der Waals surface area contributed by atoms with Crippen LogP contribution >= 0.6 is 0 Å². The van der Waals surface area contributed by atoms with Crippen molar-refractivity contribution in [1.82, 2.24) is 4.98 Å². The van der Waals surface area contributed by atoms with Crippen LogP contribution in [0, 0.1) is 5.92 Å². The van der Waals surface area contributed by atoms with Crippen LogP contribution in [0.2, 0.25) is 0 Å². The van der Waals surface area contributed by atoms with Crippen molar-refractivity contribution in [1.29, 1.82) is 0 Å². The number of H-pyrrole nitrogens is 1. The molecule has 0 saturated heterocycles. The van der Waals surface area contributed by atoms with Gasteiger partial charge in [-0.2, -0.15) is 0 Å². The van der Waals surface area contributed by atoms with Gasteiger partial charge >= 0.3 is 0 Å². The third kappa shape index (κ3) is 2.92. The first kappa shape index (κ1) is 12.7. The van der Waals surface area contributed by atoms with Gasteiger partial charge in [0.25, 0.3) is 0 Å². The number of hydrogen-bond acceptors (Lipinski definition) is 2. The van der Waals surface area contributed by atoms with E-state index >= 15 is 0 Å². The summed E-state index contributed by atoms with van der Waals surface area (Å²) in [6.45, 7) is 4.50. The summed E-state index contributed by atoms with van der Waals surface area (Å²) in [4.78, 5) is 3.28. The minimum absolute atomic E-state index is 0.655. The summed E-state index contributed by atoms with van der Waals surface area (Å²) >= 11 is 0. The molecule has 0 fully saturated rings. The highest BCUT2D eigenvalue weighted by atomic mass is 16.4. The van der Waals surface area contributed by atoms with Crippen LogP contribution in [-0.2, 0) is 12.8 Å². The van der Waals surface area contributed by atoms with Gasteiger partial charge < -0.3 is 10.2 Å². The van der Waals surface area contributed by atoms with Crippen molar-refractivity contribution < 1.29 is 5.21 Å². The number of benzene rings is 1. The molecule has 0 unspecified atom stereocenters. The summed E-state index contributed by atoms with van der Waals surface area (Å²) in [7, 11) is 0. The number of hydrogen-bond donors (Lipinski definition) is 2. The second-order valence-corrected chi connectivity index (χ2v) is 5.13. The molecule has 3 heteroatoms. The lowest BCUT2D eigenvalue weighted by Gasteiger charge is -2.05. The molecular weight excluding hydrogens is 224 g/mol. The Kier molecular flexibility index (Phi) is 4.03. The van der Waals surface area contributed by atoms with Crippen LogP contribution in [0.15, 0.2) is 29.6 Å². The van der Waals surface area contributed by atoms with Gasteiger partial charge in [-0.1, -0.05) is 26.0 Å². The van der Waals surface area contributed by atoms with Crippen molar-refractivity contribution in [2.45, 2.75) is 33.1 Å². The second kappa shape index (κ2) is 5.71. The molecule has 0 radical (unpaired) electrons. The van der Waals surface area contributed by atoms with E-state index in [1.807, 2.05) is 6.20 Å². The Morgan fingerprint density at radius 2 is 2.22 bits per heavy atom. The van der Waals surface area contributed by atoms with Crippen molar-refractivity contribution in [3.63, 3.8) is 0 Å². The van der Waals surface area contributed by atoms with Gasteiger partial charge in [-0.05, 0) is 36.0 Å². The SMILES string of the molecule is CC(C)CCc1ccc2c(C/C=N\O)c[nH]c2c1. The zero-order valence-electron chi connectivity index (χ0n) is 11.0. The van der Waals surface area contributed by atoms with E-state index in [9.17, 15) is 0 Å². The van der Waals surface area contributed by atoms with Crippen molar-refractivity contribution in [3.8, 4) is 0 Å². The van der Waals surface area contributed by atoms with Gasteiger partial charge in [-0.25, -0.2) is 0 Å². The Morgan fingerprint density at radius 3 is 2.94 bits per heavy atom. The van der Waals surface area contributed by atoms with Crippen LogP contribution in [0.4, 0.5) is 0 Å². The van der Waals surface area contributed by atoms with Gasteiger partial charge in [0.15, 0.2) is 0 Å². The number of rotatable bonds is 5. The number of aromatic nitrogens is 1. The maximum Gasteiger partial charge on any atom is 0.0480 e. The zero-order valence-corrected chi connectivity index (χ0v) is 11.0. The minimum atomic E-state index is 0.655. The lowest BCUT2D eigenvalue weighted by Crippen LogP contribution is -1.92. The van der Waals surface area contributed by atoms with Crippen molar-refractivity contribution in [2.75, 3.05) is 0 Å². The van der Waals surface area contributed by atoms with E-state index in [-0.39, 0.29) is 0 Å². The molecular formula is C15H20N2O. The topological polar surface area (TPSA) is 48.4 Å². The van der Waals surface area contributed by atoms with Gasteiger partial charge in [-0.3, -0.25) is 0 Å². The first-order chi connectivity index (χ1) is 8.70. The third-order valence-electron chi connectivity index (χ3n) is 3.24. The van der Waals surface area contributed by atoms with Crippen LogP contribution in [0.1, 0.15) is 31.4 Å². The molecule has 0 aliphatic carbocycles. The average molecular weight is 244 g/mol. The van der Waals surface area contributed by atoms with Gasteiger partial charge in [-0.15, -0.1) is 5.16 Å².